The van der Waals surface area contributed by atoms with Gasteiger partial charge in [0, 0.05) is 12.4 Å². The Morgan fingerprint density at radius 3 is 2.93 bits per heavy atom. The van der Waals surface area contributed by atoms with Crippen molar-refractivity contribution in [3.8, 4) is 5.82 Å². The second kappa shape index (κ2) is 7.85. The molecule has 0 spiro atoms. The number of nitrogens with one attached hydrogen (secondary N) is 1. The van der Waals surface area contributed by atoms with Crippen LogP contribution in [0.25, 0.3) is 5.82 Å². The highest BCUT2D eigenvalue weighted by molar-refractivity contribution is 5.89. The Hall–Kier alpha value is -3.89. The fraction of sp³-hybridized carbons (Fsp3) is 0.316. The van der Waals surface area contributed by atoms with Crippen LogP contribution in [0.4, 0.5) is 16.7 Å². The zero-order valence-corrected chi connectivity index (χ0v) is 16.8. The van der Waals surface area contributed by atoms with E-state index in [-0.39, 0.29) is 24.6 Å². The molecule has 3 aromatic rings. The maximum Gasteiger partial charge on any atom is 0.417 e. The van der Waals surface area contributed by atoms with E-state index in [4.69, 9.17) is 4.74 Å². The molecule has 2 atom stereocenters. The SMILES string of the molecule is C=C(C)[C@H]1COC(=O)N1c1nc(C)nc(N[C@@H](C)c2cn(-c3cccnn3)cn2)n1. The van der Waals surface area contributed by atoms with Crippen molar-refractivity contribution in [2.45, 2.75) is 32.9 Å². The third-order valence-corrected chi connectivity index (χ3v) is 4.61. The van der Waals surface area contributed by atoms with Gasteiger partial charge >= 0.3 is 6.09 Å². The topological polar surface area (TPSA) is 124 Å². The third kappa shape index (κ3) is 3.81. The quantitative estimate of drug-likeness (QED) is 0.612. The smallest absolute Gasteiger partial charge is 0.417 e. The Balaban J connectivity index is 1.56. The van der Waals surface area contributed by atoms with Gasteiger partial charge in [0.25, 0.3) is 0 Å². The maximum atomic E-state index is 12.2. The second-order valence-corrected chi connectivity index (χ2v) is 6.97. The highest BCUT2D eigenvalue weighted by Gasteiger charge is 2.37. The van der Waals surface area contributed by atoms with Crippen molar-refractivity contribution < 1.29 is 9.53 Å². The summed E-state index contributed by atoms with van der Waals surface area (Å²) in [7, 11) is 0. The highest BCUT2D eigenvalue weighted by Crippen LogP contribution is 2.25. The van der Waals surface area contributed by atoms with E-state index >= 15 is 0 Å². The molecule has 3 aromatic heterocycles. The first kappa shape index (κ1) is 19.4. The van der Waals surface area contributed by atoms with Crippen LogP contribution in [0.3, 0.4) is 0 Å². The summed E-state index contributed by atoms with van der Waals surface area (Å²) in [4.78, 5) is 31.1. The third-order valence-electron chi connectivity index (χ3n) is 4.61. The van der Waals surface area contributed by atoms with Crippen LogP contribution >= 0.6 is 0 Å². The van der Waals surface area contributed by atoms with Gasteiger partial charge in [0.15, 0.2) is 5.82 Å². The zero-order valence-electron chi connectivity index (χ0n) is 16.8. The second-order valence-electron chi connectivity index (χ2n) is 6.97. The maximum absolute atomic E-state index is 12.2. The summed E-state index contributed by atoms with van der Waals surface area (Å²) in [5.41, 5.74) is 1.55. The van der Waals surface area contributed by atoms with Gasteiger partial charge in [-0.1, -0.05) is 12.2 Å². The van der Waals surface area contributed by atoms with Crippen LogP contribution in [0.5, 0.6) is 0 Å². The summed E-state index contributed by atoms with van der Waals surface area (Å²) in [5, 5.41) is 11.2. The molecule has 4 rings (SSSR count). The molecule has 11 nitrogen and oxygen atoms in total. The molecule has 0 saturated carbocycles. The van der Waals surface area contributed by atoms with Crippen LogP contribution in [0.1, 0.15) is 31.4 Å². The largest absolute Gasteiger partial charge is 0.447 e. The molecule has 154 valence electrons. The molecule has 1 aliphatic heterocycles. The lowest BCUT2D eigenvalue weighted by Gasteiger charge is -2.20. The van der Waals surface area contributed by atoms with Crippen molar-refractivity contribution in [3.05, 3.63) is 54.5 Å². The number of ether oxygens (including phenoxy) is 1. The van der Waals surface area contributed by atoms with E-state index in [1.807, 2.05) is 26.1 Å². The lowest BCUT2D eigenvalue weighted by atomic mass is 10.1. The molecule has 1 fully saturated rings. The molecule has 30 heavy (non-hydrogen) atoms. The summed E-state index contributed by atoms with van der Waals surface area (Å²) in [6.45, 7) is 9.65. The molecule has 0 bridgehead atoms. The van der Waals surface area contributed by atoms with Crippen molar-refractivity contribution in [2.75, 3.05) is 16.8 Å². The molecule has 0 aliphatic carbocycles. The summed E-state index contributed by atoms with van der Waals surface area (Å²) in [6.07, 6.45) is 4.63. The van der Waals surface area contributed by atoms with Gasteiger partial charge in [-0.25, -0.2) is 14.7 Å². The number of hydrogen-bond acceptors (Lipinski definition) is 9. The van der Waals surface area contributed by atoms with Gasteiger partial charge < -0.3 is 10.1 Å². The molecule has 0 radical (unpaired) electrons. The number of aryl methyl sites for hydroxylation is 1. The molecule has 1 saturated heterocycles. The van der Waals surface area contributed by atoms with Gasteiger partial charge in [-0.3, -0.25) is 4.57 Å². The van der Waals surface area contributed by atoms with Gasteiger partial charge in [-0.15, -0.1) is 5.10 Å². The lowest BCUT2D eigenvalue weighted by Crippen LogP contribution is -2.36. The Labute approximate surface area is 172 Å². The number of aromatic nitrogens is 7. The molecule has 11 heteroatoms. The van der Waals surface area contributed by atoms with E-state index in [2.05, 4.69) is 42.0 Å². The van der Waals surface area contributed by atoms with Crippen LogP contribution in [-0.2, 0) is 4.74 Å². The minimum Gasteiger partial charge on any atom is -0.447 e. The Morgan fingerprint density at radius 2 is 2.20 bits per heavy atom. The van der Waals surface area contributed by atoms with Crippen LogP contribution in [0.15, 0.2) is 43.0 Å². The van der Waals surface area contributed by atoms with E-state index in [0.717, 1.165) is 11.3 Å². The number of anilines is 2. The number of hydrogen-bond donors (Lipinski definition) is 1. The summed E-state index contributed by atoms with van der Waals surface area (Å²) in [6, 6.07) is 3.12. The molecule has 0 aromatic carbocycles. The average molecular weight is 407 g/mol. The molecular formula is C19H21N9O2. The van der Waals surface area contributed by atoms with Crippen LogP contribution in [0, 0.1) is 6.92 Å². The molecule has 1 N–H and O–H groups in total. The molecular weight excluding hydrogens is 386 g/mol. The van der Waals surface area contributed by atoms with Crippen molar-refractivity contribution in [1.29, 1.82) is 0 Å². The van der Waals surface area contributed by atoms with Crippen LogP contribution in [-0.4, -0.2) is 53.4 Å². The number of amides is 1. The van der Waals surface area contributed by atoms with Crippen LogP contribution in [0.2, 0.25) is 0 Å². The molecule has 1 amide bonds. The number of nitrogens with zero attached hydrogens (tertiary/aromatic N) is 8. The average Bonchev–Trinajstić information content (AvgIpc) is 3.35. The first-order valence-corrected chi connectivity index (χ1v) is 9.35. The van der Waals surface area contributed by atoms with Crippen molar-refractivity contribution in [3.63, 3.8) is 0 Å². The Bertz CT molecular complexity index is 1080. The molecule has 4 heterocycles. The van der Waals surface area contributed by atoms with Gasteiger partial charge in [-0.2, -0.15) is 20.1 Å². The Kier molecular flexibility index (Phi) is 5.09. The van der Waals surface area contributed by atoms with Gasteiger partial charge in [0.2, 0.25) is 11.9 Å². The predicted molar refractivity (Wildman–Crippen MR) is 108 cm³/mol. The fourth-order valence-electron chi connectivity index (χ4n) is 3.03. The number of carbonyl (C=O) groups excluding carboxylic acids is 1. The number of cyclic esters (lactones) is 1. The molecule has 1 aliphatic rings. The first-order chi connectivity index (χ1) is 14.4. The minimum absolute atomic E-state index is 0.208. The minimum atomic E-state index is -0.504. The monoisotopic (exact) mass is 407 g/mol. The van der Waals surface area contributed by atoms with E-state index in [1.165, 1.54) is 4.90 Å². The number of carbonyl (C=O) groups is 1. The normalized spacial score (nSPS) is 17.0. The standard InChI is InChI=1S/C19H21N9O2/c1-11(2)15-9-30-19(29)28(15)18-24-13(4)23-17(25-18)22-12(3)14-8-27(10-20-14)16-6-5-7-21-26-16/h5-8,10,12,15H,1,9H2,2-4H3,(H,22,23,24,25)/t12-,15+/m0/s1. The summed E-state index contributed by atoms with van der Waals surface area (Å²) >= 11 is 0. The van der Waals surface area contributed by atoms with Crippen molar-refractivity contribution >= 4 is 18.0 Å². The highest BCUT2D eigenvalue weighted by atomic mass is 16.6. The van der Waals surface area contributed by atoms with Gasteiger partial charge in [0.1, 0.15) is 18.8 Å². The van der Waals surface area contributed by atoms with E-state index in [1.54, 1.807) is 30.1 Å². The van der Waals surface area contributed by atoms with E-state index < -0.39 is 6.09 Å². The summed E-state index contributed by atoms with van der Waals surface area (Å²) < 4.78 is 6.93. The fourth-order valence-corrected chi connectivity index (χ4v) is 3.03. The van der Waals surface area contributed by atoms with E-state index in [9.17, 15) is 4.79 Å². The first-order valence-electron chi connectivity index (χ1n) is 9.35. The van der Waals surface area contributed by atoms with Gasteiger partial charge in [-0.05, 0) is 32.9 Å². The molecule has 0 unspecified atom stereocenters. The summed E-state index contributed by atoms with van der Waals surface area (Å²) in [5.74, 6) is 1.69. The van der Waals surface area contributed by atoms with Crippen molar-refractivity contribution in [1.82, 2.24) is 34.7 Å². The van der Waals surface area contributed by atoms with Crippen LogP contribution < -0.4 is 10.2 Å². The van der Waals surface area contributed by atoms with Crippen molar-refractivity contribution in [2.24, 2.45) is 0 Å². The Morgan fingerprint density at radius 1 is 1.37 bits per heavy atom. The van der Waals surface area contributed by atoms with Gasteiger partial charge in [0.05, 0.1) is 17.8 Å². The zero-order chi connectivity index (χ0) is 21.3. The lowest BCUT2D eigenvalue weighted by molar-refractivity contribution is 0.179. The van der Waals surface area contributed by atoms with E-state index in [0.29, 0.717) is 17.6 Å². The number of rotatable bonds is 6. The predicted octanol–water partition coefficient (Wildman–Crippen LogP) is 2.23. The number of imidazole rings is 1.